The number of hydrogen-bond acceptors (Lipinski definition) is 5. The fourth-order valence-electron chi connectivity index (χ4n) is 3.46. The standard InChI is InChI=1S/C19H39N5O2.HI/c1-4-23-8-10-24(11-9-23)17(2)14-22-19(20-3)21-7-5-12-25-15-18-6-13-26-16-18;/h17-18H,4-16H2,1-3H3,(H2,20,21,22);1H. The molecule has 2 aliphatic heterocycles. The lowest BCUT2D eigenvalue weighted by Crippen LogP contribution is -2.53. The third-order valence-electron chi connectivity index (χ3n) is 5.40. The molecule has 160 valence electrons. The van der Waals surface area contributed by atoms with Gasteiger partial charge in [-0.2, -0.15) is 0 Å². The van der Waals surface area contributed by atoms with Crippen LogP contribution in [0.1, 0.15) is 26.7 Å². The van der Waals surface area contributed by atoms with Crippen LogP contribution in [0.15, 0.2) is 4.99 Å². The summed E-state index contributed by atoms with van der Waals surface area (Å²) in [7, 11) is 1.83. The van der Waals surface area contributed by atoms with Gasteiger partial charge in [-0.25, -0.2) is 0 Å². The molecule has 0 saturated carbocycles. The number of piperazine rings is 1. The zero-order chi connectivity index (χ0) is 18.6. The number of ether oxygens (including phenoxy) is 2. The monoisotopic (exact) mass is 497 g/mol. The van der Waals surface area contributed by atoms with Crippen molar-refractivity contribution in [2.24, 2.45) is 10.9 Å². The molecule has 0 spiro atoms. The van der Waals surface area contributed by atoms with Crippen LogP contribution >= 0.6 is 24.0 Å². The van der Waals surface area contributed by atoms with Gasteiger partial charge in [-0.3, -0.25) is 9.89 Å². The molecule has 0 amide bonds. The number of nitrogens with zero attached hydrogens (tertiary/aromatic N) is 3. The van der Waals surface area contributed by atoms with Gasteiger partial charge in [0, 0.05) is 71.5 Å². The summed E-state index contributed by atoms with van der Waals surface area (Å²) >= 11 is 0. The highest BCUT2D eigenvalue weighted by atomic mass is 127. The number of halogens is 1. The van der Waals surface area contributed by atoms with E-state index in [2.05, 4.69) is 39.3 Å². The largest absolute Gasteiger partial charge is 0.381 e. The van der Waals surface area contributed by atoms with Crippen molar-refractivity contribution < 1.29 is 9.47 Å². The predicted octanol–water partition coefficient (Wildman–Crippen LogP) is 1.24. The second-order valence-corrected chi connectivity index (χ2v) is 7.36. The molecule has 2 atom stereocenters. The van der Waals surface area contributed by atoms with Crippen LogP contribution in [-0.4, -0.2) is 101 Å². The summed E-state index contributed by atoms with van der Waals surface area (Å²) in [6.45, 7) is 15.6. The van der Waals surface area contributed by atoms with Gasteiger partial charge in [0.2, 0.25) is 0 Å². The predicted molar refractivity (Wildman–Crippen MR) is 122 cm³/mol. The van der Waals surface area contributed by atoms with Crippen molar-refractivity contribution >= 4 is 29.9 Å². The molecule has 2 aliphatic rings. The summed E-state index contributed by atoms with van der Waals surface area (Å²) in [6, 6.07) is 0.518. The number of likely N-dealkylation sites (N-methyl/N-ethyl adjacent to an activating group) is 1. The van der Waals surface area contributed by atoms with Crippen molar-refractivity contribution in [3.05, 3.63) is 0 Å². The zero-order valence-electron chi connectivity index (χ0n) is 17.4. The molecule has 2 saturated heterocycles. The maximum absolute atomic E-state index is 5.74. The summed E-state index contributed by atoms with van der Waals surface area (Å²) < 4.78 is 11.1. The number of aliphatic imine (C=N–C) groups is 1. The number of hydrogen-bond donors (Lipinski definition) is 2. The second kappa shape index (κ2) is 14.8. The summed E-state index contributed by atoms with van der Waals surface area (Å²) in [4.78, 5) is 9.40. The first kappa shape index (κ1) is 24.9. The molecule has 2 heterocycles. The van der Waals surface area contributed by atoms with E-state index in [1.807, 2.05) is 7.05 Å². The average Bonchev–Trinajstić information content (AvgIpc) is 3.20. The Labute approximate surface area is 182 Å². The molecule has 7 nitrogen and oxygen atoms in total. The van der Waals surface area contributed by atoms with Crippen molar-refractivity contribution in [1.29, 1.82) is 0 Å². The van der Waals surface area contributed by atoms with E-state index in [9.17, 15) is 0 Å². The molecule has 0 aromatic heterocycles. The first-order chi connectivity index (χ1) is 12.7. The number of rotatable bonds is 10. The molecule has 2 N–H and O–H groups in total. The third kappa shape index (κ3) is 9.74. The van der Waals surface area contributed by atoms with E-state index in [0.29, 0.717) is 12.0 Å². The van der Waals surface area contributed by atoms with Crippen LogP contribution in [0.3, 0.4) is 0 Å². The van der Waals surface area contributed by atoms with E-state index in [1.54, 1.807) is 0 Å². The maximum Gasteiger partial charge on any atom is 0.191 e. The second-order valence-electron chi connectivity index (χ2n) is 7.36. The van der Waals surface area contributed by atoms with E-state index in [4.69, 9.17) is 9.47 Å². The normalized spacial score (nSPS) is 23.1. The molecule has 0 aromatic carbocycles. The average molecular weight is 497 g/mol. The fourth-order valence-corrected chi connectivity index (χ4v) is 3.46. The minimum atomic E-state index is 0. The molecule has 8 heteroatoms. The minimum Gasteiger partial charge on any atom is -0.381 e. The highest BCUT2D eigenvalue weighted by molar-refractivity contribution is 14.0. The molecule has 0 aromatic rings. The van der Waals surface area contributed by atoms with E-state index >= 15 is 0 Å². The van der Waals surface area contributed by atoms with Crippen LogP contribution in [0.4, 0.5) is 0 Å². The highest BCUT2D eigenvalue weighted by Gasteiger charge is 2.20. The SMILES string of the molecule is CCN1CCN(C(C)CNC(=NC)NCCCOCC2CCOC2)CC1.I. The summed E-state index contributed by atoms with van der Waals surface area (Å²) in [5, 5.41) is 6.83. The Morgan fingerprint density at radius 1 is 1.26 bits per heavy atom. The smallest absolute Gasteiger partial charge is 0.191 e. The molecular weight excluding hydrogens is 457 g/mol. The molecule has 2 fully saturated rings. The Balaban J connectivity index is 0.00000364. The van der Waals surface area contributed by atoms with Crippen molar-refractivity contribution in [2.45, 2.75) is 32.7 Å². The lowest BCUT2D eigenvalue weighted by molar-refractivity contribution is 0.0887. The van der Waals surface area contributed by atoms with Crippen molar-refractivity contribution in [2.75, 3.05) is 79.3 Å². The molecular formula is C19H40IN5O2. The van der Waals surface area contributed by atoms with Gasteiger partial charge in [0.05, 0.1) is 13.2 Å². The summed E-state index contributed by atoms with van der Waals surface area (Å²) in [5.41, 5.74) is 0. The van der Waals surface area contributed by atoms with E-state index in [0.717, 1.165) is 78.0 Å². The van der Waals surface area contributed by atoms with Crippen LogP contribution in [0.2, 0.25) is 0 Å². The van der Waals surface area contributed by atoms with Gasteiger partial charge in [0.1, 0.15) is 0 Å². The first-order valence-corrected chi connectivity index (χ1v) is 10.3. The van der Waals surface area contributed by atoms with E-state index in [-0.39, 0.29) is 24.0 Å². The van der Waals surface area contributed by atoms with Crippen molar-refractivity contribution in [1.82, 2.24) is 20.4 Å². The Kier molecular flexibility index (Phi) is 13.6. The zero-order valence-corrected chi connectivity index (χ0v) is 19.7. The number of nitrogens with one attached hydrogen (secondary N) is 2. The minimum absolute atomic E-state index is 0. The lowest BCUT2D eigenvalue weighted by Gasteiger charge is -2.37. The first-order valence-electron chi connectivity index (χ1n) is 10.3. The summed E-state index contributed by atoms with van der Waals surface area (Å²) in [6.07, 6.45) is 2.13. The number of guanidine groups is 1. The van der Waals surface area contributed by atoms with Gasteiger partial charge in [-0.15, -0.1) is 24.0 Å². The quantitative estimate of drug-likeness (QED) is 0.205. The highest BCUT2D eigenvalue weighted by Crippen LogP contribution is 2.12. The Hall–Kier alpha value is -0.160. The Morgan fingerprint density at radius 2 is 2.04 bits per heavy atom. The van der Waals surface area contributed by atoms with Gasteiger partial charge in [0.15, 0.2) is 5.96 Å². The van der Waals surface area contributed by atoms with Crippen LogP contribution in [0, 0.1) is 5.92 Å². The van der Waals surface area contributed by atoms with Crippen LogP contribution in [0.5, 0.6) is 0 Å². The van der Waals surface area contributed by atoms with Gasteiger partial charge in [-0.05, 0) is 26.3 Å². The van der Waals surface area contributed by atoms with Crippen molar-refractivity contribution in [3.8, 4) is 0 Å². The third-order valence-corrected chi connectivity index (χ3v) is 5.40. The van der Waals surface area contributed by atoms with Crippen LogP contribution in [0.25, 0.3) is 0 Å². The molecule has 0 bridgehead atoms. The fraction of sp³-hybridized carbons (Fsp3) is 0.947. The van der Waals surface area contributed by atoms with Gasteiger partial charge in [-0.1, -0.05) is 6.92 Å². The molecule has 2 unspecified atom stereocenters. The van der Waals surface area contributed by atoms with Crippen LogP contribution < -0.4 is 10.6 Å². The Morgan fingerprint density at radius 3 is 2.67 bits per heavy atom. The molecule has 0 radical (unpaired) electrons. The summed E-state index contributed by atoms with van der Waals surface area (Å²) in [5.74, 6) is 1.48. The van der Waals surface area contributed by atoms with Crippen molar-refractivity contribution in [3.63, 3.8) is 0 Å². The lowest BCUT2D eigenvalue weighted by atomic mass is 10.1. The van der Waals surface area contributed by atoms with Gasteiger partial charge >= 0.3 is 0 Å². The van der Waals surface area contributed by atoms with E-state index in [1.165, 1.54) is 13.1 Å². The molecule has 2 rings (SSSR count). The van der Waals surface area contributed by atoms with Gasteiger partial charge in [0.25, 0.3) is 0 Å². The van der Waals surface area contributed by atoms with Crippen LogP contribution in [-0.2, 0) is 9.47 Å². The van der Waals surface area contributed by atoms with E-state index < -0.39 is 0 Å². The molecule has 0 aliphatic carbocycles. The molecule has 27 heavy (non-hydrogen) atoms. The maximum atomic E-state index is 5.74. The Bertz CT molecular complexity index is 400. The van der Waals surface area contributed by atoms with Gasteiger partial charge < -0.3 is 25.0 Å². The topological polar surface area (TPSA) is 61.4 Å².